The van der Waals surface area contributed by atoms with E-state index in [0.717, 1.165) is 11.3 Å². The van der Waals surface area contributed by atoms with E-state index in [4.69, 9.17) is 9.47 Å². The van der Waals surface area contributed by atoms with Crippen molar-refractivity contribution in [3.8, 4) is 5.75 Å². The number of hydrogen-bond acceptors (Lipinski definition) is 4. The summed E-state index contributed by atoms with van der Waals surface area (Å²) in [5, 5.41) is 0. The van der Waals surface area contributed by atoms with E-state index < -0.39 is 9.84 Å². The summed E-state index contributed by atoms with van der Waals surface area (Å²) < 4.78 is 33.8. The molecule has 0 saturated carbocycles. The average Bonchev–Trinajstić information content (AvgIpc) is 2.41. The monoisotopic (exact) mass is 396 g/mol. The predicted molar refractivity (Wildman–Crippen MR) is 82.4 cm³/mol. The number of alkyl halides is 1. The summed E-state index contributed by atoms with van der Waals surface area (Å²) in [5.74, 6) is 1.05. The maximum Gasteiger partial charge on any atom is 0.162 e. The van der Waals surface area contributed by atoms with Crippen LogP contribution < -0.4 is 4.74 Å². The van der Waals surface area contributed by atoms with Crippen LogP contribution in [0.3, 0.4) is 0 Å². The smallest absolute Gasteiger partial charge is 0.162 e. The Kier molecular flexibility index (Phi) is 5.08. The van der Waals surface area contributed by atoms with Crippen molar-refractivity contribution in [2.75, 3.05) is 12.9 Å². The Morgan fingerprint density at radius 1 is 1.32 bits per heavy atom. The van der Waals surface area contributed by atoms with Crippen LogP contribution in [0.2, 0.25) is 0 Å². The Balaban J connectivity index is 1.86. The number of sulfone groups is 1. The van der Waals surface area contributed by atoms with Crippen LogP contribution in [0, 0.1) is 0 Å². The van der Waals surface area contributed by atoms with Gasteiger partial charge in [-0.25, -0.2) is 8.42 Å². The molecule has 1 aromatic rings. The summed E-state index contributed by atoms with van der Waals surface area (Å²) in [5.41, 5.74) is 1.07. The molecule has 1 aliphatic heterocycles. The Morgan fingerprint density at radius 2 is 2.00 bits per heavy atom. The molecule has 0 aromatic heterocycles. The highest BCUT2D eigenvalue weighted by Gasteiger charge is 2.32. The van der Waals surface area contributed by atoms with Gasteiger partial charge in [0.05, 0.1) is 25.6 Å². The van der Waals surface area contributed by atoms with E-state index in [1.165, 1.54) is 0 Å². The molecule has 1 aliphatic rings. The lowest BCUT2D eigenvalue weighted by Crippen LogP contribution is -2.33. The van der Waals surface area contributed by atoms with Crippen LogP contribution >= 0.6 is 22.6 Å². The van der Waals surface area contributed by atoms with E-state index in [9.17, 15) is 8.42 Å². The van der Waals surface area contributed by atoms with Crippen molar-refractivity contribution in [2.45, 2.75) is 28.8 Å². The van der Waals surface area contributed by atoms with Gasteiger partial charge in [-0.05, 0) is 30.5 Å². The van der Waals surface area contributed by atoms with E-state index in [2.05, 4.69) is 0 Å². The molecule has 0 bridgehead atoms. The summed E-state index contributed by atoms with van der Waals surface area (Å²) in [4.78, 5) is 0. The van der Waals surface area contributed by atoms with Gasteiger partial charge in [0, 0.05) is 0 Å². The van der Waals surface area contributed by atoms with Gasteiger partial charge in [0.2, 0.25) is 0 Å². The van der Waals surface area contributed by atoms with E-state index in [-0.39, 0.29) is 15.1 Å². The first-order valence-corrected chi connectivity index (χ1v) is 9.07. The van der Waals surface area contributed by atoms with Gasteiger partial charge < -0.3 is 9.47 Å². The summed E-state index contributed by atoms with van der Waals surface area (Å²) in [7, 11) is -1.26. The summed E-state index contributed by atoms with van der Waals surface area (Å²) in [6.45, 7) is 0.512. The van der Waals surface area contributed by atoms with Crippen LogP contribution in [-0.2, 0) is 21.2 Å². The second-order valence-electron chi connectivity index (χ2n) is 4.58. The number of halogens is 1. The average molecular weight is 396 g/mol. The summed E-state index contributed by atoms with van der Waals surface area (Å²) >= 11 is 1.99. The van der Waals surface area contributed by atoms with Crippen LogP contribution in [0.25, 0.3) is 0 Å². The van der Waals surface area contributed by atoms with E-state index in [0.29, 0.717) is 19.4 Å². The zero-order valence-corrected chi connectivity index (χ0v) is 13.7. The minimum absolute atomic E-state index is 0.0347. The quantitative estimate of drug-likeness (QED) is 0.580. The van der Waals surface area contributed by atoms with Crippen LogP contribution in [0.5, 0.6) is 5.75 Å². The molecular formula is C13H17IO4S. The highest BCUT2D eigenvalue weighted by Crippen LogP contribution is 2.27. The van der Waals surface area contributed by atoms with E-state index >= 15 is 0 Å². The maximum absolute atomic E-state index is 11.6. The molecule has 2 rings (SSSR count). The van der Waals surface area contributed by atoms with Crippen molar-refractivity contribution in [1.29, 1.82) is 0 Å². The van der Waals surface area contributed by atoms with Gasteiger partial charge in [0.1, 0.15) is 9.01 Å². The fraction of sp³-hybridized carbons (Fsp3) is 0.538. The van der Waals surface area contributed by atoms with Gasteiger partial charge in [-0.2, -0.15) is 0 Å². The van der Waals surface area contributed by atoms with Crippen molar-refractivity contribution in [2.24, 2.45) is 0 Å². The molecule has 0 N–H and O–H groups in total. The summed E-state index contributed by atoms with van der Waals surface area (Å²) in [6.07, 6.45) is 1.21. The third kappa shape index (κ3) is 4.06. The number of rotatable bonds is 4. The number of benzene rings is 1. The Morgan fingerprint density at radius 3 is 2.58 bits per heavy atom. The molecule has 0 spiro atoms. The van der Waals surface area contributed by atoms with Crippen molar-refractivity contribution < 1.29 is 17.9 Å². The Bertz CT molecular complexity index is 512. The molecule has 106 valence electrons. The van der Waals surface area contributed by atoms with E-state index in [1.807, 2.05) is 46.9 Å². The minimum Gasteiger partial charge on any atom is -0.497 e. The van der Waals surface area contributed by atoms with Crippen LogP contribution in [0.4, 0.5) is 0 Å². The molecular weight excluding hydrogens is 379 g/mol. The molecule has 0 aliphatic carbocycles. The molecule has 2 unspecified atom stereocenters. The molecule has 1 heterocycles. The summed E-state index contributed by atoms with van der Waals surface area (Å²) in [6, 6.07) is 7.70. The first-order valence-electron chi connectivity index (χ1n) is 6.11. The zero-order valence-electron chi connectivity index (χ0n) is 10.7. The fourth-order valence-electron chi connectivity index (χ4n) is 1.98. The van der Waals surface area contributed by atoms with Gasteiger partial charge in [-0.15, -0.1) is 0 Å². The zero-order chi connectivity index (χ0) is 13.9. The normalized spacial score (nSPS) is 26.0. The lowest BCUT2D eigenvalue weighted by Gasteiger charge is -2.26. The third-order valence-corrected chi connectivity index (χ3v) is 7.82. The lowest BCUT2D eigenvalue weighted by molar-refractivity contribution is 0.0337. The molecule has 1 aromatic carbocycles. The Hall–Kier alpha value is -0.340. The first-order chi connectivity index (χ1) is 9.01. The van der Waals surface area contributed by atoms with Gasteiger partial charge in [-0.1, -0.05) is 34.7 Å². The van der Waals surface area contributed by atoms with E-state index in [1.54, 1.807) is 7.11 Å². The van der Waals surface area contributed by atoms with Crippen LogP contribution in [-0.4, -0.2) is 30.6 Å². The van der Waals surface area contributed by atoms with Crippen molar-refractivity contribution in [3.05, 3.63) is 29.8 Å². The SMILES string of the molecule is COc1ccc(COC2CCS(=O)(=O)C(I)C2)cc1. The molecule has 6 heteroatoms. The van der Waals surface area contributed by atoms with Gasteiger partial charge in [0.15, 0.2) is 9.84 Å². The third-order valence-electron chi connectivity index (χ3n) is 3.21. The van der Waals surface area contributed by atoms with Crippen LogP contribution in [0.15, 0.2) is 24.3 Å². The van der Waals surface area contributed by atoms with Gasteiger partial charge in [-0.3, -0.25) is 0 Å². The standard InChI is InChI=1S/C13H17IO4S/c1-17-11-4-2-10(3-5-11)9-18-12-6-7-19(15,16)13(14)8-12/h2-5,12-13H,6-9H2,1H3. The molecule has 0 radical (unpaired) electrons. The molecule has 4 nitrogen and oxygen atoms in total. The molecule has 2 atom stereocenters. The molecule has 19 heavy (non-hydrogen) atoms. The topological polar surface area (TPSA) is 52.6 Å². The molecule has 1 fully saturated rings. The molecule has 0 amide bonds. The minimum atomic E-state index is -2.90. The highest BCUT2D eigenvalue weighted by atomic mass is 127. The Labute approximate surface area is 127 Å². The molecule has 1 saturated heterocycles. The second kappa shape index (κ2) is 6.41. The fourth-order valence-corrected chi connectivity index (χ4v) is 4.67. The first kappa shape index (κ1) is 15.1. The van der Waals surface area contributed by atoms with Crippen molar-refractivity contribution in [1.82, 2.24) is 0 Å². The second-order valence-corrected chi connectivity index (χ2v) is 9.23. The largest absolute Gasteiger partial charge is 0.497 e. The number of ether oxygens (including phenoxy) is 2. The highest BCUT2D eigenvalue weighted by molar-refractivity contribution is 14.1. The lowest BCUT2D eigenvalue weighted by atomic mass is 10.2. The van der Waals surface area contributed by atoms with Gasteiger partial charge >= 0.3 is 0 Å². The van der Waals surface area contributed by atoms with Crippen LogP contribution in [0.1, 0.15) is 18.4 Å². The van der Waals surface area contributed by atoms with Crippen molar-refractivity contribution >= 4 is 32.4 Å². The predicted octanol–water partition coefficient (Wildman–Crippen LogP) is 2.55. The van der Waals surface area contributed by atoms with Crippen molar-refractivity contribution in [3.63, 3.8) is 0 Å². The van der Waals surface area contributed by atoms with Gasteiger partial charge in [0.25, 0.3) is 0 Å². The number of hydrogen-bond donors (Lipinski definition) is 0. The number of methoxy groups -OCH3 is 1. The maximum atomic E-state index is 11.6.